The lowest BCUT2D eigenvalue weighted by atomic mass is 9.90. The lowest BCUT2D eigenvalue weighted by molar-refractivity contribution is -0.384. The molecule has 0 bridgehead atoms. The molecule has 8 heteroatoms. The number of aryl methyl sites for hydroxylation is 1. The van der Waals surface area contributed by atoms with Crippen molar-refractivity contribution in [2.24, 2.45) is 5.92 Å². The summed E-state index contributed by atoms with van der Waals surface area (Å²) in [4.78, 5) is 42.3. The molecule has 1 aliphatic heterocycles. The van der Waals surface area contributed by atoms with Crippen LogP contribution in [0.1, 0.15) is 51.8 Å². The van der Waals surface area contributed by atoms with E-state index < -0.39 is 4.92 Å². The molecule has 1 atom stereocenters. The number of fused-ring (bicyclic) bond motifs is 1. The molecule has 2 aromatic carbocycles. The second kappa shape index (κ2) is 10.4. The lowest BCUT2D eigenvalue weighted by Gasteiger charge is -2.38. The average molecular weight is 492 g/mol. The molecule has 182 valence electrons. The Bertz CT molecular complexity index is 1240. The summed E-state index contributed by atoms with van der Waals surface area (Å²) in [5.41, 5.74) is 3.63. The first kappa shape index (κ1) is 24.6. The van der Waals surface area contributed by atoms with E-state index in [0.717, 1.165) is 23.1 Å². The molecule has 3 aromatic rings. The number of carbonyl (C=O) groups excluding carboxylic acids is 2. The maximum atomic E-state index is 13.7. The van der Waals surface area contributed by atoms with E-state index in [1.54, 1.807) is 16.2 Å². The summed E-state index contributed by atoms with van der Waals surface area (Å²) in [6.07, 6.45) is 0.793. The summed E-state index contributed by atoms with van der Waals surface area (Å²) in [5, 5.41) is 13.1. The molecule has 0 saturated carbocycles. The van der Waals surface area contributed by atoms with Gasteiger partial charge in [0.05, 0.1) is 11.0 Å². The van der Waals surface area contributed by atoms with Gasteiger partial charge in [-0.05, 0) is 59.5 Å². The van der Waals surface area contributed by atoms with E-state index >= 15 is 0 Å². The van der Waals surface area contributed by atoms with Crippen LogP contribution in [0.5, 0.6) is 0 Å². The molecule has 2 heterocycles. The highest BCUT2D eigenvalue weighted by Gasteiger charge is 2.34. The van der Waals surface area contributed by atoms with Gasteiger partial charge in [0.25, 0.3) is 11.6 Å². The number of hydrogen-bond acceptors (Lipinski definition) is 5. The second-order valence-electron chi connectivity index (χ2n) is 9.28. The zero-order valence-electron chi connectivity index (χ0n) is 20.1. The summed E-state index contributed by atoms with van der Waals surface area (Å²) >= 11 is 1.72. The first-order chi connectivity index (χ1) is 16.8. The molecule has 1 aliphatic rings. The van der Waals surface area contributed by atoms with E-state index in [-0.39, 0.29) is 36.0 Å². The highest BCUT2D eigenvalue weighted by atomic mass is 32.1. The van der Waals surface area contributed by atoms with Crippen molar-refractivity contribution in [3.05, 3.63) is 97.2 Å². The summed E-state index contributed by atoms with van der Waals surface area (Å²) in [5.74, 6) is -0.254. The normalized spacial score (nSPS) is 15.1. The Morgan fingerprint density at radius 3 is 2.49 bits per heavy atom. The molecule has 0 aliphatic carbocycles. The van der Waals surface area contributed by atoms with Crippen LogP contribution in [0.2, 0.25) is 0 Å². The van der Waals surface area contributed by atoms with Crippen molar-refractivity contribution < 1.29 is 14.5 Å². The minimum absolute atomic E-state index is 0.0458. The van der Waals surface area contributed by atoms with Gasteiger partial charge >= 0.3 is 0 Å². The van der Waals surface area contributed by atoms with Crippen molar-refractivity contribution in [1.82, 2.24) is 9.80 Å². The van der Waals surface area contributed by atoms with Gasteiger partial charge in [0.1, 0.15) is 6.54 Å². The highest BCUT2D eigenvalue weighted by Crippen LogP contribution is 2.39. The van der Waals surface area contributed by atoms with Gasteiger partial charge < -0.3 is 9.80 Å². The van der Waals surface area contributed by atoms with E-state index in [1.807, 2.05) is 30.9 Å². The van der Waals surface area contributed by atoms with Crippen LogP contribution in [-0.4, -0.2) is 46.2 Å². The largest absolute Gasteiger partial charge is 0.330 e. The maximum absolute atomic E-state index is 13.7. The fraction of sp³-hybridized carbons (Fsp3) is 0.333. The number of nitro benzene ring substituents is 1. The third-order valence-electron chi connectivity index (χ3n) is 6.29. The zero-order valence-corrected chi connectivity index (χ0v) is 21.0. The summed E-state index contributed by atoms with van der Waals surface area (Å²) in [6.45, 7) is 7.00. The van der Waals surface area contributed by atoms with Crippen LogP contribution >= 0.6 is 11.3 Å². The molecule has 0 fully saturated rings. The SMILES string of the molecule is Cc1ccccc1C1c2ccsc2CCN1C(=O)CN(CC(C)C)C(=O)c1ccc([N+](=O)[O-])cc1. The van der Waals surface area contributed by atoms with Crippen LogP contribution in [0, 0.1) is 23.0 Å². The highest BCUT2D eigenvalue weighted by molar-refractivity contribution is 7.10. The van der Waals surface area contributed by atoms with Crippen LogP contribution in [-0.2, 0) is 11.2 Å². The molecule has 4 rings (SSSR count). The molecule has 35 heavy (non-hydrogen) atoms. The van der Waals surface area contributed by atoms with Crippen molar-refractivity contribution in [3.8, 4) is 0 Å². The van der Waals surface area contributed by atoms with Crippen LogP contribution in [0.25, 0.3) is 0 Å². The molecule has 0 spiro atoms. The van der Waals surface area contributed by atoms with Crippen molar-refractivity contribution >= 4 is 28.8 Å². The van der Waals surface area contributed by atoms with E-state index in [1.165, 1.54) is 29.1 Å². The number of benzene rings is 2. The molecule has 7 nitrogen and oxygen atoms in total. The summed E-state index contributed by atoms with van der Waals surface area (Å²) < 4.78 is 0. The van der Waals surface area contributed by atoms with E-state index in [4.69, 9.17) is 0 Å². The standard InChI is InChI=1S/C27H29N3O4S/c1-18(2)16-28(27(32)20-8-10-21(11-9-20)30(33)34)17-25(31)29-14-12-24-23(13-15-35-24)26(29)22-7-5-4-6-19(22)3/h4-11,13,15,18,26H,12,14,16-17H2,1-3H3. The number of rotatable bonds is 7. The Morgan fingerprint density at radius 1 is 1.11 bits per heavy atom. The Kier molecular flexibility index (Phi) is 7.31. The number of nitrogens with zero attached hydrogens (tertiary/aromatic N) is 3. The Hall–Kier alpha value is -3.52. The number of amides is 2. The van der Waals surface area contributed by atoms with Gasteiger partial charge in [-0.15, -0.1) is 11.3 Å². The number of nitro groups is 1. The van der Waals surface area contributed by atoms with Gasteiger partial charge in [0.2, 0.25) is 5.91 Å². The third-order valence-corrected chi connectivity index (χ3v) is 7.29. The molecular weight excluding hydrogens is 462 g/mol. The van der Waals surface area contributed by atoms with E-state index in [0.29, 0.717) is 18.7 Å². The summed E-state index contributed by atoms with van der Waals surface area (Å²) in [6, 6.07) is 15.6. The van der Waals surface area contributed by atoms with Gasteiger partial charge in [-0.25, -0.2) is 0 Å². The van der Waals surface area contributed by atoms with E-state index in [2.05, 4.69) is 30.5 Å². The lowest BCUT2D eigenvalue weighted by Crippen LogP contribution is -2.47. The fourth-order valence-electron chi connectivity index (χ4n) is 4.64. The minimum Gasteiger partial charge on any atom is -0.330 e. The fourth-order valence-corrected chi connectivity index (χ4v) is 5.54. The molecule has 1 unspecified atom stereocenters. The van der Waals surface area contributed by atoms with Crippen LogP contribution in [0.3, 0.4) is 0 Å². The predicted octanol–water partition coefficient (Wildman–Crippen LogP) is 5.24. The Labute approximate surface area is 209 Å². The van der Waals surface area contributed by atoms with Crippen molar-refractivity contribution in [2.75, 3.05) is 19.6 Å². The first-order valence-corrected chi connectivity index (χ1v) is 12.6. The van der Waals surface area contributed by atoms with Gasteiger partial charge in [-0.2, -0.15) is 0 Å². The maximum Gasteiger partial charge on any atom is 0.269 e. The van der Waals surface area contributed by atoms with Gasteiger partial charge in [-0.1, -0.05) is 38.1 Å². The predicted molar refractivity (Wildman–Crippen MR) is 137 cm³/mol. The van der Waals surface area contributed by atoms with E-state index in [9.17, 15) is 19.7 Å². The second-order valence-corrected chi connectivity index (χ2v) is 10.3. The van der Waals surface area contributed by atoms with Gasteiger partial charge in [0.15, 0.2) is 0 Å². The number of non-ortho nitro benzene ring substituents is 1. The zero-order chi connectivity index (χ0) is 25.1. The minimum atomic E-state index is -0.496. The number of carbonyl (C=O) groups is 2. The Morgan fingerprint density at radius 2 is 1.83 bits per heavy atom. The van der Waals surface area contributed by atoms with Gasteiger partial charge in [0, 0.05) is 35.7 Å². The van der Waals surface area contributed by atoms with Crippen LogP contribution in [0.15, 0.2) is 60.0 Å². The van der Waals surface area contributed by atoms with Crippen molar-refractivity contribution in [3.63, 3.8) is 0 Å². The molecule has 0 N–H and O–H groups in total. The quantitative estimate of drug-likeness (QED) is 0.334. The van der Waals surface area contributed by atoms with Crippen LogP contribution in [0.4, 0.5) is 5.69 Å². The number of hydrogen-bond donors (Lipinski definition) is 0. The molecule has 0 saturated heterocycles. The molecule has 1 aromatic heterocycles. The topological polar surface area (TPSA) is 83.8 Å². The molecular formula is C27H29N3O4S. The van der Waals surface area contributed by atoms with Crippen LogP contribution < -0.4 is 0 Å². The van der Waals surface area contributed by atoms with Gasteiger partial charge in [-0.3, -0.25) is 19.7 Å². The molecule has 2 amide bonds. The smallest absolute Gasteiger partial charge is 0.269 e. The van der Waals surface area contributed by atoms with Crippen molar-refractivity contribution in [1.29, 1.82) is 0 Å². The molecule has 0 radical (unpaired) electrons. The number of thiophene rings is 1. The monoisotopic (exact) mass is 491 g/mol. The third kappa shape index (κ3) is 5.27. The summed E-state index contributed by atoms with van der Waals surface area (Å²) in [7, 11) is 0. The Balaban J connectivity index is 1.62. The van der Waals surface area contributed by atoms with Crippen molar-refractivity contribution in [2.45, 2.75) is 33.2 Å². The first-order valence-electron chi connectivity index (χ1n) is 11.7. The average Bonchev–Trinajstić information content (AvgIpc) is 3.32.